The van der Waals surface area contributed by atoms with Gasteiger partial charge in [0, 0.05) is 44.6 Å². The molecule has 0 saturated carbocycles. The molecule has 0 aliphatic carbocycles. The lowest BCUT2D eigenvalue weighted by Crippen LogP contribution is -2.24. The maximum Gasteiger partial charge on any atom is 0.253 e. The molecule has 6 nitrogen and oxygen atoms in total. The van der Waals surface area contributed by atoms with Gasteiger partial charge < -0.3 is 15.0 Å². The molecule has 6 heteroatoms. The number of Topliss-reactive ketones (excluding diaryl/α,β-unsaturated/α-hetero) is 1. The van der Waals surface area contributed by atoms with Crippen LogP contribution in [0.25, 0.3) is 0 Å². The van der Waals surface area contributed by atoms with Gasteiger partial charge >= 0.3 is 0 Å². The van der Waals surface area contributed by atoms with Crippen molar-refractivity contribution in [1.82, 2.24) is 10.2 Å². The van der Waals surface area contributed by atoms with Gasteiger partial charge in [0.25, 0.3) is 5.91 Å². The lowest BCUT2D eigenvalue weighted by molar-refractivity contribution is -0.121. The number of hydrogen-bond acceptors (Lipinski definition) is 4. The molecule has 0 saturated heterocycles. The summed E-state index contributed by atoms with van der Waals surface area (Å²) in [5.41, 5.74) is 2.06. The highest BCUT2D eigenvalue weighted by molar-refractivity contribution is 5.98. The first-order chi connectivity index (χ1) is 13.4. The number of amides is 2. The summed E-state index contributed by atoms with van der Waals surface area (Å²) < 4.78 is 5.35. The van der Waals surface area contributed by atoms with Crippen molar-refractivity contribution in [2.45, 2.75) is 26.3 Å². The van der Waals surface area contributed by atoms with Gasteiger partial charge in [0.2, 0.25) is 5.91 Å². The molecule has 0 spiro atoms. The third kappa shape index (κ3) is 6.23. The molecule has 0 aliphatic rings. The van der Waals surface area contributed by atoms with Crippen LogP contribution in [0, 0.1) is 0 Å². The Balaban J connectivity index is 1.77. The van der Waals surface area contributed by atoms with Crippen LogP contribution in [0.4, 0.5) is 0 Å². The Morgan fingerprint density at radius 3 is 2.07 bits per heavy atom. The quantitative estimate of drug-likeness (QED) is 0.677. The van der Waals surface area contributed by atoms with E-state index in [0.29, 0.717) is 24.3 Å². The van der Waals surface area contributed by atoms with E-state index >= 15 is 0 Å². The Labute approximate surface area is 165 Å². The van der Waals surface area contributed by atoms with Crippen LogP contribution in [0.3, 0.4) is 0 Å². The van der Waals surface area contributed by atoms with Gasteiger partial charge in [0.1, 0.15) is 5.75 Å². The molecule has 28 heavy (non-hydrogen) atoms. The number of ether oxygens (including phenoxy) is 1. The third-order valence-corrected chi connectivity index (χ3v) is 4.16. The maximum atomic E-state index is 12.2. The van der Waals surface area contributed by atoms with Gasteiger partial charge in [-0.3, -0.25) is 14.4 Å². The standard InChI is InChI=1S/C22H26N2O4/c1-4-28-19-11-9-17(10-12-19)20(25)13-14-21(26)23-15-16-5-7-18(8-6-16)22(27)24(2)3/h5-12H,4,13-15H2,1-3H3,(H,23,26). The van der Waals surface area contributed by atoms with Crippen molar-refractivity contribution >= 4 is 17.6 Å². The zero-order valence-corrected chi connectivity index (χ0v) is 16.5. The second-order valence-corrected chi connectivity index (χ2v) is 6.55. The van der Waals surface area contributed by atoms with Gasteiger partial charge in [0.15, 0.2) is 5.78 Å². The third-order valence-electron chi connectivity index (χ3n) is 4.16. The van der Waals surface area contributed by atoms with Crippen LogP contribution in [0.2, 0.25) is 0 Å². The summed E-state index contributed by atoms with van der Waals surface area (Å²) in [5.74, 6) is 0.385. The molecule has 0 aromatic heterocycles. The zero-order valence-electron chi connectivity index (χ0n) is 16.5. The average molecular weight is 382 g/mol. The minimum atomic E-state index is -0.187. The zero-order chi connectivity index (χ0) is 20.5. The first-order valence-corrected chi connectivity index (χ1v) is 9.24. The molecule has 0 fully saturated rings. The summed E-state index contributed by atoms with van der Waals surface area (Å²) in [4.78, 5) is 37.6. The van der Waals surface area contributed by atoms with Gasteiger partial charge in [-0.2, -0.15) is 0 Å². The largest absolute Gasteiger partial charge is 0.494 e. The molecule has 0 aliphatic heterocycles. The summed E-state index contributed by atoms with van der Waals surface area (Å²) in [6.45, 7) is 2.82. The normalized spacial score (nSPS) is 10.2. The van der Waals surface area contributed by atoms with Gasteiger partial charge in [-0.25, -0.2) is 0 Å². The van der Waals surface area contributed by atoms with Crippen LogP contribution in [0.1, 0.15) is 46.0 Å². The number of nitrogens with zero attached hydrogens (tertiary/aromatic N) is 1. The molecule has 148 valence electrons. The Bertz CT molecular complexity index is 811. The number of benzene rings is 2. The minimum absolute atomic E-state index is 0.0663. The van der Waals surface area contributed by atoms with Crippen LogP contribution < -0.4 is 10.1 Å². The summed E-state index contributed by atoms with van der Waals surface area (Å²) in [5, 5.41) is 2.80. The molecule has 2 amide bonds. The van der Waals surface area contributed by atoms with Gasteiger partial charge in [-0.15, -0.1) is 0 Å². The molecule has 2 aromatic rings. The number of carbonyl (C=O) groups excluding carboxylic acids is 3. The number of rotatable bonds is 9. The second kappa shape index (κ2) is 10.3. The molecule has 0 radical (unpaired) electrons. The Kier molecular flexibility index (Phi) is 7.75. The second-order valence-electron chi connectivity index (χ2n) is 6.55. The topological polar surface area (TPSA) is 75.7 Å². The maximum absolute atomic E-state index is 12.2. The Hall–Kier alpha value is -3.15. The molecule has 0 heterocycles. The van der Waals surface area contributed by atoms with Gasteiger partial charge in [0.05, 0.1) is 6.61 Å². The van der Waals surface area contributed by atoms with E-state index in [4.69, 9.17) is 4.74 Å². The highest BCUT2D eigenvalue weighted by atomic mass is 16.5. The van der Waals surface area contributed by atoms with Crippen LogP contribution in [0.15, 0.2) is 48.5 Å². The van der Waals surface area contributed by atoms with Crippen molar-refractivity contribution in [2.75, 3.05) is 20.7 Å². The first-order valence-electron chi connectivity index (χ1n) is 9.24. The smallest absolute Gasteiger partial charge is 0.253 e. The number of nitrogens with one attached hydrogen (secondary N) is 1. The predicted octanol–water partition coefficient (Wildman–Crippen LogP) is 3.07. The van der Waals surface area contributed by atoms with Crippen molar-refractivity contribution in [3.8, 4) is 5.75 Å². The molecule has 2 aromatic carbocycles. The van der Waals surface area contributed by atoms with Gasteiger partial charge in [-0.1, -0.05) is 12.1 Å². The molecule has 2 rings (SSSR count). The first kappa shape index (κ1) is 21.2. The van der Waals surface area contributed by atoms with E-state index in [9.17, 15) is 14.4 Å². The lowest BCUT2D eigenvalue weighted by atomic mass is 10.1. The van der Waals surface area contributed by atoms with Crippen LogP contribution in [-0.2, 0) is 11.3 Å². The van der Waals surface area contributed by atoms with Crippen molar-refractivity contribution in [2.24, 2.45) is 0 Å². The monoisotopic (exact) mass is 382 g/mol. The highest BCUT2D eigenvalue weighted by Gasteiger charge is 2.10. The van der Waals surface area contributed by atoms with Crippen molar-refractivity contribution in [3.63, 3.8) is 0 Å². The molecule has 0 unspecified atom stereocenters. The van der Waals surface area contributed by atoms with E-state index in [-0.39, 0.29) is 30.4 Å². The summed E-state index contributed by atoms with van der Waals surface area (Å²) in [7, 11) is 3.40. The van der Waals surface area contributed by atoms with E-state index < -0.39 is 0 Å². The van der Waals surface area contributed by atoms with E-state index in [1.807, 2.05) is 19.1 Å². The highest BCUT2D eigenvalue weighted by Crippen LogP contribution is 2.14. The fourth-order valence-electron chi connectivity index (χ4n) is 2.59. The van der Waals surface area contributed by atoms with Gasteiger partial charge in [-0.05, 0) is 48.9 Å². The van der Waals surface area contributed by atoms with E-state index in [0.717, 1.165) is 11.3 Å². The lowest BCUT2D eigenvalue weighted by Gasteiger charge is -2.11. The number of hydrogen-bond donors (Lipinski definition) is 1. The van der Waals surface area contributed by atoms with E-state index in [1.165, 1.54) is 4.90 Å². The Morgan fingerprint density at radius 1 is 0.893 bits per heavy atom. The number of carbonyl (C=O) groups is 3. The van der Waals surface area contributed by atoms with Crippen molar-refractivity contribution in [3.05, 3.63) is 65.2 Å². The van der Waals surface area contributed by atoms with E-state index in [2.05, 4.69) is 5.32 Å². The fraction of sp³-hybridized carbons (Fsp3) is 0.318. The van der Waals surface area contributed by atoms with Crippen molar-refractivity contribution < 1.29 is 19.1 Å². The van der Waals surface area contributed by atoms with Crippen LogP contribution in [0.5, 0.6) is 5.75 Å². The summed E-state index contributed by atoms with van der Waals surface area (Å²) >= 11 is 0. The van der Waals surface area contributed by atoms with Crippen molar-refractivity contribution in [1.29, 1.82) is 0 Å². The molecule has 1 N–H and O–H groups in total. The summed E-state index contributed by atoms with van der Waals surface area (Å²) in [6, 6.07) is 14.0. The SMILES string of the molecule is CCOc1ccc(C(=O)CCC(=O)NCc2ccc(C(=O)N(C)C)cc2)cc1. The molecular weight excluding hydrogens is 356 g/mol. The van der Waals surface area contributed by atoms with Crippen LogP contribution in [-0.4, -0.2) is 43.2 Å². The average Bonchev–Trinajstić information content (AvgIpc) is 2.71. The number of ketones is 1. The summed E-state index contributed by atoms with van der Waals surface area (Å²) in [6.07, 6.45) is 0.277. The molecular formula is C22H26N2O4. The van der Waals surface area contributed by atoms with E-state index in [1.54, 1.807) is 50.5 Å². The fourth-order valence-corrected chi connectivity index (χ4v) is 2.59. The predicted molar refractivity (Wildman–Crippen MR) is 107 cm³/mol. The Morgan fingerprint density at radius 2 is 1.50 bits per heavy atom. The van der Waals surface area contributed by atoms with Crippen LogP contribution >= 0.6 is 0 Å². The molecule has 0 bridgehead atoms. The molecule has 0 atom stereocenters. The minimum Gasteiger partial charge on any atom is -0.494 e.